The van der Waals surface area contributed by atoms with Crippen LogP contribution in [0.3, 0.4) is 0 Å². The van der Waals surface area contributed by atoms with Gasteiger partial charge in [0.15, 0.2) is 5.69 Å². The van der Waals surface area contributed by atoms with Crippen molar-refractivity contribution in [2.75, 3.05) is 6.61 Å². The Morgan fingerprint density at radius 2 is 1.74 bits per heavy atom. The Hall–Kier alpha value is -3.93. The van der Waals surface area contributed by atoms with Crippen LogP contribution in [0.2, 0.25) is 0 Å². The Morgan fingerprint density at radius 1 is 1.05 bits per heavy atom. The van der Waals surface area contributed by atoms with Crippen molar-refractivity contribution in [1.29, 1.82) is 0 Å². The average molecular weight is 512 g/mol. The van der Waals surface area contributed by atoms with Crippen molar-refractivity contribution < 1.29 is 13.9 Å². The van der Waals surface area contributed by atoms with Gasteiger partial charge in [-0.25, -0.2) is 9.07 Å². The van der Waals surface area contributed by atoms with E-state index in [0.717, 1.165) is 33.7 Å². The summed E-state index contributed by atoms with van der Waals surface area (Å²) in [7, 11) is 0. The minimum absolute atomic E-state index is 0.0910. The van der Waals surface area contributed by atoms with Crippen LogP contribution in [0.1, 0.15) is 67.4 Å². The van der Waals surface area contributed by atoms with Gasteiger partial charge in [-0.2, -0.15) is 5.10 Å². The summed E-state index contributed by atoms with van der Waals surface area (Å²) in [5, 5.41) is 7.68. The predicted molar refractivity (Wildman–Crippen MR) is 149 cm³/mol. The van der Waals surface area contributed by atoms with Crippen LogP contribution in [0.5, 0.6) is 5.75 Å². The van der Waals surface area contributed by atoms with Crippen molar-refractivity contribution in [3.05, 3.63) is 100 Å². The first kappa shape index (κ1) is 25.7. The fourth-order valence-corrected chi connectivity index (χ4v) is 4.81. The van der Waals surface area contributed by atoms with Gasteiger partial charge in [0.25, 0.3) is 5.91 Å². The molecule has 196 valence electrons. The van der Waals surface area contributed by atoms with Crippen LogP contribution in [0.25, 0.3) is 16.9 Å². The van der Waals surface area contributed by atoms with Gasteiger partial charge in [-0.05, 0) is 60.4 Å². The van der Waals surface area contributed by atoms with Crippen molar-refractivity contribution >= 4 is 5.91 Å². The molecule has 1 amide bonds. The van der Waals surface area contributed by atoms with Gasteiger partial charge in [0.2, 0.25) is 0 Å². The molecule has 0 spiro atoms. The van der Waals surface area contributed by atoms with Crippen LogP contribution < -0.4 is 10.1 Å². The van der Waals surface area contributed by atoms with Gasteiger partial charge in [0.05, 0.1) is 18.0 Å². The third-order valence-electron chi connectivity index (χ3n) is 7.08. The lowest BCUT2D eigenvalue weighted by Crippen LogP contribution is -2.24. The lowest BCUT2D eigenvalue weighted by molar-refractivity contribution is 0.0945. The number of hydrogen-bond acceptors (Lipinski definition) is 3. The first-order valence-corrected chi connectivity index (χ1v) is 12.9. The van der Waals surface area contributed by atoms with Crippen LogP contribution in [-0.4, -0.2) is 22.3 Å². The number of aromatic nitrogens is 2. The molecule has 0 saturated heterocycles. The second kappa shape index (κ2) is 9.43. The van der Waals surface area contributed by atoms with Crippen LogP contribution in [0.4, 0.5) is 4.39 Å². The Kier molecular flexibility index (Phi) is 6.38. The number of aryl methyl sites for hydroxylation is 1. The summed E-state index contributed by atoms with van der Waals surface area (Å²) in [4.78, 5) is 13.3. The molecule has 3 aromatic carbocycles. The molecule has 0 unspecified atom stereocenters. The Balaban J connectivity index is 1.46. The number of nitrogens with one attached hydrogen (secondary N) is 1. The standard InChI is InChI=1S/C32H34FN3O2/c1-20-7-9-22(10-8-20)28-17-27(35-36(28)24-13-11-23(33)12-14-24)30(37)34-18-21-15-25(31(2,3)4)29-26(16-21)32(5,6)19-38-29/h7-17H,18-19H2,1-6H3,(H,34,37). The molecule has 4 aromatic rings. The SMILES string of the molecule is Cc1ccc(-c2cc(C(=O)NCc3cc(C(C)(C)C)c4c(c3)C(C)(C)CO4)nn2-c2ccc(F)cc2)cc1. The zero-order valence-electron chi connectivity index (χ0n) is 22.9. The molecule has 38 heavy (non-hydrogen) atoms. The molecule has 1 aliphatic heterocycles. The topological polar surface area (TPSA) is 56.1 Å². The van der Waals surface area contributed by atoms with Crippen molar-refractivity contribution in [3.63, 3.8) is 0 Å². The summed E-state index contributed by atoms with van der Waals surface area (Å²) in [5.41, 5.74) is 6.95. The summed E-state index contributed by atoms with van der Waals surface area (Å²) in [6.45, 7) is 13.9. The number of halogens is 1. The number of ether oxygens (including phenoxy) is 1. The summed E-state index contributed by atoms with van der Waals surface area (Å²) < 4.78 is 21.4. The highest BCUT2D eigenvalue weighted by Crippen LogP contribution is 2.45. The molecule has 0 atom stereocenters. The lowest BCUT2D eigenvalue weighted by Gasteiger charge is -2.24. The minimum Gasteiger partial charge on any atom is -0.492 e. The van der Waals surface area contributed by atoms with Crippen molar-refractivity contribution in [2.45, 2.75) is 58.9 Å². The molecule has 5 rings (SSSR count). The number of rotatable bonds is 5. The third-order valence-corrected chi connectivity index (χ3v) is 7.08. The van der Waals surface area contributed by atoms with Crippen LogP contribution in [0.15, 0.2) is 66.7 Å². The first-order chi connectivity index (χ1) is 17.9. The Labute approximate surface area is 223 Å². The summed E-state index contributed by atoms with van der Waals surface area (Å²) >= 11 is 0. The van der Waals surface area contributed by atoms with Gasteiger partial charge in [-0.1, -0.05) is 64.4 Å². The zero-order chi connectivity index (χ0) is 27.2. The molecule has 6 heteroatoms. The van der Waals surface area contributed by atoms with E-state index in [1.165, 1.54) is 17.7 Å². The van der Waals surface area contributed by atoms with Gasteiger partial charge in [-0.3, -0.25) is 4.79 Å². The van der Waals surface area contributed by atoms with E-state index in [1.807, 2.05) is 31.2 Å². The molecule has 1 aromatic heterocycles. The van der Waals surface area contributed by atoms with Crippen molar-refractivity contribution in [3.8, 4) is 22.7 Å². The van der Waals surface area contributed by atoms with Crippen molar-refractivity contribution in [2.24, 2.45) is 0 Å². The maximum absolute atomic E-state index is 13.6. The number of fused-ring (bicyclic) bond motifs is 1. The Morgan fingerprint density at radius 3 is 2.39 bits per heavy atom. The average Bonchev–Trinajstić information content (AvgIpc) is 3.44. The van der Waals surface area contributed by atoms with Crippen molar-refractivity contribution in [1.82, 2.24) is 15.1 Å². The van der Waals surface area contributed by atoms with E-state index in [2.05, 4.69) is 57.2 Å². The first-order valence-electron chi connectivity index (χ1n) is 12.9. The normalized spacial score (nSPS) is 14.2. The molecule has 2 heterocycles. The molecule has 5 nitrogen and oxygen atoms in total. The Bertz CT molecular complexity index is 1430. The monoisotopic (exact) mass is 511 g/mol. The second-order valence-electron chi connectivity index (χ2n) is 11.8. The number of benzene rings is 3. The number of carbonyl (C=O) groups is 1. The number of nitrogens with zero attached hydrogens (tertiary/aromatic N) is 2. The highest BCUT2D eigenvalue weighted by molar-refractivity contribution is 5.93. The van der Waals surface area contributed by atoms with E-state index in [-0.39, 0.29) is 22.6 Å². The molecule has 1 N–H and O–H groups in total. The van der Waals surface area contributed by atoms with Gasteiger partial charge < -0.3 is 10.1 Å². The van der Waals surface area contributed by atoms with Crippen LogP contribution in [-0.2, 0) is 17.4 Å². The smallest absolute Gasteiger partial charge is 0.272 e. The van der Waals surface area contributed by atoms with Crippen LogP contribution >= 0.6 is 0 Å². The molecular formula is C32H34FN3O2. The zero-order valence-corrected chi connectivity index (χ0v) is 22.9. The number of hydrogen-bond donors (Lipinski definition) is 1. The quantitative estimate of drug-likeness (QED) is 0.318. The molecule has 0 aliphatic carbocycles. The highest BCUT2D eigenvalue weighted by atomic mass is 19.1. The number of carbonyl (C=O) groups excluding carboxylic acids is 1. The van der Waals surface area contributed by atoms with E-state index in [4.69, 9.17) is 4.74 Å². The molecule has 0 saturated carbocycles. The molecule has 0 fully saturated rings. The second-order valence-corrected chi connectivity index (χ2v) is 11.8. The van der Waals surface area contributed by atoms with Gasteiger partial charge in [0.1, 0.15) is 11.6 Å². The molecule has 0 radical (unpaired) electrons. The van der Waals surface area contributed by atoms with E-state index >= 15 is 0 Å². The maximum Gasteiger partial charge on any atom is 0.272 e. The summed E-state index contributed by atoms with van der Waals surface area (Å²) in [6.07, 6.45) is 0. The molecule has 0 bridgehead atoms. The fourth-order valence-electron chi connectivity index (χ4n) is 4.81. The largest absolute Gasteiger partial charge is 0.492 e. The predicted octanol–water partition coefficient (Wildman–Crippen LogP) is 6.88. The lowest BCUT2D eigenvalue weighted by atomic mass is 9.79. The third kappa shape index (κ3) is 4.95. The maximum atomic E-state index is 13.6. The molecule has 1 aliphatic rings. The van der Waals surface area contributed by atoms with E-state index < -0.39 is 0 Å². The van der Waals surface area contributed by atoms with E-state index in [0.29, 0.717) is 24.5 Å². The van der Waals surface area contributed by atoms with Crippen LogP contribution in [0, 0.1) is 12.7 Å². The summed E-state index contributed by atoms with van der Waals surface area (Å²) in [6, 6.07) is 20.2. The minimum atomic E-state index is -0.326. The van der Waals surface area contributed by atoms with E-state index in [1.54, 1.807) is 22.9 Å². The summed E-state index contributed by atoms with van der Waals surface area (Å²) in [5.74, 6) is 0.374. The molecular weight excluding hydrogens is 477 g/mol. The number of amides is 1. The fraction of sp³-hybridized carbons (Fsp3) is 0.312. The highest BCUT2D eigenvalue weighted by Gasteiger charge is 2.36. The van der Waals surface area contributed by atoms with Gasteiger partial charge in [-0.15, -0.1) is 0 Å². The van der Waals surface area contributed by atoms with E-state index in [9.17, 15) is 9.18 Å². The van der Waals surface area contributed by atoms with Gasteiger partial charge in [0, 0.05) is 28.7 Å². The van der Waals surface area contributed by atoms with Gasteiger partial charge >= 0.3 is 0 Å².